The lowest BCUT2D eigenvalue weighted by molar-refractivity contribution is 0.245. The van der Waals surface area contributed by atoms with Gasteiger partial charge in [0.2, 0.25) is 0 Å². The van der Waals surface area contributed by atoms with Crippen molar-refractivity contribution >= 4 is 11.3 Å². The zero-order chi connectivity index (χ0) is 13.3. The highest BCUT2D eigenvalue weighted by Gasteiger charge is 2.25. The highest BCUT2D eigenvalue weighted by atomic mass is 32.1. The molecule has 0 aliphatic heterocycles. The van der Waals surface area contributed by atoms with Crippen molar-refractivity contribution in [2.75, 3.05) is 6.54 Å². The van der Waals surface area contributed by atoms with Crippen LogP contribution >= 0.6 is 11.3 Å². The molecule has 3 heteroatoms. The number of rotatable bonds is 3. The SMILES string of the molecule is CC(C)(C)c1csc(CC(CN)C(C)(C)C)n1. The largest absolute Gasteiger partial charge is 0.330 e. The van der Waals surface area contributed by atoms with E-state index >= 15 is 0 Å². The Morgan fingerprint density at radius 2 is 1.82 bits per heavy atom. The second-order valence-corrected chi connectivity index (χ2v) is 7.82. The van der Waals surface area contributed by atoms with Gasteiger partial charge in [0.15, 0.2) is 0 Å². The number of nitrogens with two attached hydrogens (primary N) is 1. The van der Waals surface area contributed by atoms with E-state index in [1.165, 1.54) is 10.7 Å². The molecule has 98 valence electrons. The highest BCUT2D eigenvalue weighted by Crippen LogP contribution is 2.30. The summed E-state index contributed by atoms with van der Waals surface area (Å²) in [6.07, 6.45) is 1.00. The van der Waals surface area contributed by atoms with E-state index in [0.29, 0.717) is 5.92 Å². The lowest BCUT2D eigenvalue weighted by Gasteiger charge is -2.28. The molecule has 0 amide bonds. The van der Waals surface area contributed by atoms with Crippen molar-refractivity contribution < 1.29 is 0 Å². The molecule has 0 aliphatic carbocycles. The first kappa shape index (κ1) is 14.7. The number of hydrogen-bond acceptors (Lipinski definition) is 3. The zero-order valence-corrected chi connectivity index (χ0v) is 12.8. The molecule has 2 nitrogen and oxygen atoms in total. The zero-order valence-electron chi connectivity index (χ0n) is 12.0. The van der Waals surface area contributed by atoms with Crippen molar-refractivity contribution in [2.45, 2.75) is 53.4 Å². The van der Waals surface area contributed by atoms with Gasteiger partial charge in [-0.3, -0.25) is 0 Å². The van der Waals surface area contributed by atoms with Crippen LogP contribution in [-0.4, -0.2) is 11.5 Å². The van der Waals surface area contributed by atoms with Crippen LogP contribution < -0.4 is 5.73 Å². The van der Waals surface area contributed by atoms with Crippen LogP contribution in [0.25, 0.3) is 0 Å². The molecule has 0 aliphatic rings. The molecule has 1 unspecified atom stereocenters. The fourth-order valence-electron chi connectivity index (χ4n) is 1.70. The van der Waals surface area contributed by atoms with Crippen LogP contribution in [0.5, 0.6) is 0 Å². The summed E-state index contributed by atoms with van der Waals surface area (Å²) in [6.45, 7) is 14.1. The molecule has 0 radical (unpaired) electrons. The van der Waals surface area contributed by atoms with E-state index in [4.69, 9.17) is 10.7 Å². The molecule has 2 N–H and O–H groups in total. The number of aromatic nitrogens is 1. The van der Waals surface area contributed by atoms with Crippen molar-refractivity contribution in [1.82, 2.24) is 4.98 Å². The molecule has 0 saturated heterocycles. The van der Waals surface area contributed by atoms with E-state index in [1.807, 2.05) is 0 Å². The summed E-state index contributed by atoms with van der Waals surface area (Å²) in [5.74, 6) is 0.501. The Bertz CT molecular complexity index is 355. The Morgan fingerprint density at radius 3 is 2.18 bits per heavy atom. The normalized spacial score (nSPS) is 15.0. The van der Waals surface area contributed by atoms with Gasteiger partial charge in [-0.25, -0.2) is 4.98 Å². The number of thiazole rings is 1. The molecule has 0 saturated carbocycles. The summed E-state index contributed by atoms with van der Waals surface area (Å²) in [5.41, 5.74) is 7.47. The van der Waals surface area contributed by atoms with E-state index in [9.17, 15) is 0 Å². The molecule has 0 aromatic carbocycles. The smallest absolute Gasteiger partial charge is 0.0931 e. The Kier molecular flexibility index (Phi) is 4.37. The Labute approximate surface area is 110 Å². The van der Waals surface area contributed by atoms with Gasteiger partial charge in [0, 0.05) is 17.2 Å². The van der Waals surface area contributed by atoms with Gasteiger partial charge >= 0.3 is 0 Å². The summed E-state index contributed by atoms with van der Waals surface area (Å²) in [5, 5.41) is 3.41. The quantitative estimate of drug-likeness (QED) is 0.895. The summed E-state index contributed by atoms with van der Waals surface area (Å²) >= 11 is 1.77. The average Bonchev–Trinajstić information content (AvgIpc) is 2.59. The van der Waals surface area contributed by atoms with Crippen LogP contribution in [0.2, 0.25) is 0 Å². The van der Waals surface area contributed by atoms with Crippen molar-refractivity contribution in [1.29, 1.82) is 0 Å². The first-order valence-corrected chi connectivity index (χ1v) is 7.17. The van der Waals surface area contributed by atoms with Gasteiger partial charge in [0.1, 0.15) is 0 Å². The minimum Gasteiger partial charge on any atom is -0.330 e. The molecule has 1 aromatic rings. The van der Waals surface area contributed by atoms with Crippen molar-refractivity contribution in [3.8, 4) is 0 Å². The fourth-order valence-corrected chi connectivity index (χ4v) is 2.81. The molecule has 1 heterocycles. The van der Waals surface area contributed by atoms with Crippen molar-refractivity contribution in [2.24, 2.45) is 17.1 Å². The molecule has 1 rings (SSSR count). The van der Waals surface area contributed by atoms with Gasteiger partial charge in [-0.1, -0.05) is 41.5 Å². The Morgan fingerprint density at radius 1 is 1.24 bits per heavy atom. The third-order valence-electron chi connectivity index (χ3n) is 3.25. The Hall–Kier alpha value is -0.410. The van der Waals surface area contributed by atoms with Crippen molar-refractivity contribution in [3.05, 3.63) is 16.1 Å². The molecule has 0 bridgehead atoms. The second kappa shape index (κ2) is 5.07. The minimum atomic E-state index is 0.148. The molecule has 0 spiro atoms. The van der Waals surface area contributed by atoms with Crippen LogP contribution in [0, 0.1) is 11.3 Å². The third-order valence-corrected chi connectivity index (χ3v) is 4.12. The van der Waals surface area contributed by atoms with Crippen LogP contribution in [0.3, 0.4) is 0 Å². The third kappa shape index (κ3) is 4.07. The Balaban J connectivity index is 2.79. The van der Waals surface area contributed by atoms with Crippen LogP contribution in [0.4, 0.5) is 0 Å². The molecule has 17 heavy (non-hydrogen) atoms. The van der Waals surface area contributed by atoms with Gasteiger partial charge in [-0.2, -0.15) is 0 Å². The average molecular weight is 254 g/mol. The topological polar surface area (TPSA) is 38.9 Å². The van der Waals surface area contributed by atoms with E-state index in [0.717, 1.165) is 13.0 Å². The van der Waals surface area contributed by atoms with Gasteiger partial charge in [-0.15, -0.1) is 11.3 Å². The number of nitrogens with zero attached hydrogens (tertiary/aromatic N) is 1. The highest BCUT2D eigenvalue weighted by molar-refractivity contribution is 7.09. The predicted molar refractivity (Wildman–Crippen MR) is 76.5 cm³/mol. The molecular weight excluding hydrogens is 228 g/mol. The lowest BCUT2D eigenvalue weighted by atomic mass is 9.79. The van der Waals surface area contributed by atoms with Gasteiger partial charge in [0.25, 0.3) is 0 Å². The minimum absolute atomic E-state index is 0.148. The van der Waals surface area contributed by atoms with Crippen LogP contribution in [-0.2, 0) is 11.8 Å². The maximum atomic E-state index is 5.88. The maximum absolute atomic E-state index is 5.88. The predicted octanol–water partition coefficient (Wildman–Crippen LogP) is 3.60. The fraction of sp³-hybridized carbons (Fsp3) is 0.786. The van der Waals surface area contributed by atoms with Gasteiger partial charge in [-0.05, 0) is 17.9 Å². The van der Waals surface area contributed by atoms with Crippen LogP contribution in [0.15, 0.2) is 5.38 Å². The van der Waals surface area contributed by atoms with E-state index in [-0.39, 0.29) is 10.8 Å². The summed E-state index contributed by atoms with van der Waals surface area (Å²) in [4.78, 5) is 4.75. The summed E-state index contributed by atoms with van der Waals surface area (Å²) < 4.78 is 0. The molecule has 0 fully saturated rings. The molecule has 1 atom stereocenters. The summed E-state index contributed by atoms with van der Waals surface area (Å²) in [7, 11) is 0. The number of hydrogen-bond donors (Lipinski definition) is 1. The van der Waals surface area contributed by atoms with Crippen molar-refractivity contribution in [3.63, 3.8) is 0 Å². The van der Waals surface area contributed by atoms with Gasteiger partial charge < -0.3 is 5.73 Å². The first-order valence-electron chi connectivity index (χ1n) is 6.29. The van der Waals surface area contributed by atoms with Crippen LogP contribution in [0.1, 0.15) is 52.2 Å². The first-order chi connectivity index (χ1) is 7.64. The van der Waals surface area contributed by atoms with E-state index in [1.54, 1.807) is 11.3 Å². The summed E-state index contributed by atoms with van der Waals surface area (Å²) in [6, 6.07) is 0. The van der Waals surface area contributed by atoms with E-state index < -0.39 is 0 Å². The van der Waals surface area contributed by atoms with E-state index in [2.05, 4.69) is 46.9 Å². The standard InChI is InChI=1S/C14H26N2S/c1-13(2,3)10(8-15)7-12-16-11(9-17-12)14(4,5)6/h9-10H,7-8,15H2,1-6H3. The monoisotopic (exact) mass is 254 g/mol. The van der Waals surface area contributed by atoms with Gasteiger partial charge in [0.05, 0.1) is 10.7 Å². The second-order valence-electron chi connectivity index (χ2n) is 6.88. The lowest BCUT2D eigenvalue weighted by Crippen LogP contribution is -2.30. The maximum Gasteiger partial charge on any atom is 0.0931 e. The molecule has 1 aromatic heterocycles. The molecular formula is C14H26N2S.